The molecule has 2 aromatic rings. The maximum atomic E-state index is 3.97. The molecule has 1 N–H and O–H groups in total. The number of hydrogen-bond acceptors (Lipinski definition) is 2. The van der Waals surface area contributed by atoms with Crippen LogP contribution in [0.2, 0.25) is 0 Å². The molecule has 0 unspecified atom stereocenters. The minimum Gasteiger partial charge on any atom is -0.307 e. The van der Waals surface area contributed by atoms with E-state index in [1.54, 1.807) is 11.1 Å². The first-order valence-electron chi connectivity index (χ1n) is 9.48. The Hall–Kier alpha value is -1.64. The van der Waals surface area contributed by atoms with Crippen molar-refractivity contribution in [2.45, 2.75) is 50.7 Å². The second-order valence-corrected chi connectivity index (χ2v) is 7.35. The number of benzene rings is 2. The van der Waals surface area contributed by atoms with E-state index in [4.69, 9.17) is 0 Å². The summed E-state index contributed by atoms with van der Waals surface area (Å²) in [5, 5.41) is 3.97. The Kier molecular flexibility index (Phi) is 4.96. The Labute approximate surface area is 145 Å². The molecule has 0 radical (unpaired) electrons. The molecule has 2 heteroatoms. The highest BCUT2D eigenvalue weighted by molar-refractivity contribution is 5.32. The molecular weight excluding hydrogens is 292 g/mol. The van der Waals surface area contributed by atoms with Crippen molar-refractivity contribution in [2.75, 3.05) is 13.1 Å². The Morgan fingerprint density at radius 2 is 1.62 bits per heavy atom. The van der Waals surface area contributed by atoms with Crippen LogP contribution in [0.4, 0.5) is 0 Å². The maximum Gasteiger partial charge on any atom is 0.0325 e. The van der Waals surface area contributed by atoms with Crippen molar-refractivity contribution in [1.82, 2.24) is 10.2 Å². The van der Waals surface area contributed by atoms with Crippen LogP contribution in [0.3, 0.4) is 0 Å². The minimum absolute atomic E-state index is 0.570. The largest absolute Gasteiger partial charge is 0.307 e. The van der Waals surface area contributed by atoms with Gasteiger partial charge in [0.05, 0.1) is 0 Å². The number of nitrogens with one attached hydrogen (secondary N) is 1. The van der Waals surface area contributed by atoms with Crippen LogP contribution in [0.25, 0.3) is 0 Å². The van der Waals surface area contributed by atoms with E-state index in [9.17, 15) is 0 Å². The van der Waals surface area contributed by atoms with Crippen LogP contribution in [0.1, 0.15) is 48.4 Å². The van der Waals surface area contributed by atoms with Crippen LogP contribution in [0.5, 0.6) is 0 Å². The number of piperidine rings is 1. The maximum absolute atomic E-state index is 3.97. The molecule has 1 aliphatic carbocycles. The molecular formula is C22H28N2. The molecule has 0 aromatic heterocycles. The molecule has 0 saturated carbocycles. The van der Waals surface area contributed by atoms with E-state index >= 15 is 0 Å². The van der Waals surface area contributed by atoms with Crippen LogP contribution in [-0.4, -0.2) is 24.0 Å². The molecule has 1 aliphatic heterocycles. The standard InChI is InChI=1S/C22H28N2/c1-2-7-18(8-3-1)17-24-15-13-20(14-16-24)23-22-12-6-10-19-9-4-5-11-21(19)22/h1-5,7-9,11,20,22-23H,6,10,12-17H2/t22-/m1/s1. The lowest BCUT2D eigenvalue weighted by molar-refractivity contribution is 0.181. The highest BCUT2D eigenvalue weighted by Gasteiger charge is 2.25. The lowest BCUT2D eigenvalue weighted by atomic mass is 9.87. The van der Waals surface area contributed by atoms with Gasteiger partial charge >= 0.3 is 0 Å². The van der Waals surface area contributed by atoms with Crippen molar-refractivity contribution in [2.24, 2.45) is 0 Å². The van der Waals surface area contributed by atoms with Crippen LogP contribution in [-0.2, 0) is 13.0 Å². The molecule has 0 bridgehead atoms. The zero-order chi connectivity index (χ0) is 16.2. The van der Waals surface area contributed by atoms with E-state index in [0.29, 0.717) is 12.1 Å². The molecule has 1 fully saturated rings. The smallest absolute Gasteiger partial charge is 0.0325 e. The van der Waals surface area contributed by atoms with E-state index in [1.807, 2.05) is 0 Å². The van der Waals surface area contributed by atoms with Gasteiger partial charge in [0.2, 0.25) is 0 Å². The van der Waals surface area contributed by atoms with Crippen molar-refractivity contribution in [1.29, 1.82) is 0 Å². The zero-order valence-electron chi connectivity index (χ0n) is 14.5. The molecule has 24 heavy (non-hydrogen) atoms. The van der Waals surface area contributed by atoms with Gasteiger partial charge in [-0.3, -0.25) is 4.90 Å². The predicted molar refractivity (Wildman–Crippen MR) is 100.0 cm³/mol. The average molecular weight is 320 g/mol. The summed E-state index contributed by atoms with van der Waals surface area (Å²) < 4.78 is 0. The van der Waals surface area contributed by atoms with Gasteiger partial charge in [0, 0.05) is 18.6 Å². The Morgan fingerprint density at radius 1 is 0.875 bits per heavy atom. The summed E-state index contributed by atoms with van der Waals surface area (Å²) in [5.41, 5.74) is 4.54. The van der Waals surface area contributed by atoms with E-state index in [0.717, 1.165) is 6.54 Å². The van der Waals surface area contributed by atoms with E-state index < -0.39 is 0 Å². The first kappa shape index (κ1) is 15.9. The molecule has 1 atom stereocenters. The second kappa shape index (κ2) is 7.50. The summed E-state index contributed by atoms with van der Waals surface area (Å²) in [4.78, 5) is 2.60. The van der Waals surface area contributed by atoms with Gasteiger partial charge in [0.1, 0.15) is 0 Å². The van der Waals surface area contributed by atoms with Gasteiger partial charge in [-0.05, 0) is 61.9 Å². The monoisotopic (exact) mass is 320 g/mol. The molecule has 1 heterocycles. The Balaban J connectivity index is 1.31. The topological polar surface area (TPSA) is 15.3 Å². The minimum atomic E-state index is 0.570. The fourth-order valence-electron chi connectivity index (χ4n) is 4.31. The van der Waals surface area contributed by atoms with E-state index in [2.05, 4.69) is 64.8 Å². The Bertz CT molecular complexity index is 644. The van der Waals surface area contributed by atoms with Gasteiger partial charge in [-0.15, -0.1) is 0 Å². The third kappa shape index (κ3) is 3.71. The Morgan fingerprint density at radius 3 is 2.46 bits per heavy atom. The highest BCUT2D eigenvalue weighted by atomic mass is 15.1. The number of rotatable bonds is 4. The summed E-state index contributed by atoms with van der Waals surface area (Å²) in [6.07, 6.45) is 6.41. The summed E-state index contributed by atoms with van der Waals surface area (Å²) in [6, 6.07) is 21.1. The average Bonchev–Trinajstić information content (AvgIpc) is 2.65. The van der Waals surface area contributed by atoms with Crippen LogP contribution in [0, 0.1) is 0 Å². The molecule has 4 rings (SSSR count). The molecule has 2 nitrogen and oxygen atoms in total. The van der Waals surface area contributed by atoms with Crippen molar-refractivity contribution >= 4 is 0 Å². The lowest BCUT2D eigenvalue weighted by Crippen LogP contribution is -2.43. The van der Waals surface area contributed by atoms with E-state index in [1.165, 1.54) is 50.8 Å². The molecule has 2 aliphatic rings. The quantitative estimate of drug-likeness (QED) is 0.902. The van der Waals surface area contributed by atoms with Gasteiger partial charge in [0.25, 0.3) is 0 Å². The normalized spacial score (nSPS) is 22.2. The molecule has 126 valence electrons. The SMILES string of the molecule is c1ccc(CN2CCC(N[C@@H]3CCCc4ccccc43)CC2)cc1. The first-order valence-corrected chi connectivity index (χ1v) is 9.48. The zero-order valence-corrected chi connectivity index (χ0v) is 14.5. The van der Waals surface area contributed by atoms with Crippen molar-refractivity contribution in [3.05, 3.63) is 71.3 Å². The second-order valence-electron chi connectivity index (χ2n) is 7.35. The highest BCUT2D eigenvalue weighted by Crippen LogP contribution is 2.30. The first-order chi connectivity index (χ1) is 11.9. The van der Waals surface area contributed by atoms with Crippen molar-refractivity contribution in [3.8, 4) is 0 Å². The fourth-order valence-corrected chi connectivity index (χ4v) is 4.31. The third-order valence-corrected chi connectivity index (χ3v) is 5.64. The van der Waals surface area contributed by atoms with Gasteiger partial charge in [0.15, 0.2) is 0 Å². The number of hydrogen-bond donors (Lipinski definition) is 1. The predicted octanol–water partition coefficient (Wildman–Crippen LogP) is 4.32. The number of nitrogens with zero attached hydrogens (tertiary/aromatic N) is 1. The summed E-state index contributed by atoms with van der Waals surface area (Å²) in [6.45, 7) is 3.52. The lowest BCUT2D eigenvalue weighted by Gasteiger charge is -2.36. The summed E-state index contributed by atoms with van der Waals surface area (Å²) in [7, 11) is 0. The van der Waals surface area contributed by atoms with Gasteiger partial charge in [-0.25, -0.2) is 0 Å². The van der Waals surface area contributed by atoms with Crippen molar-refractivity contribution in [3.63, 3.8) is 0 Å². The van der Waals surface area contributed by atoms with Gasteiger partial charge < -0.3 is 5.32 Å². The van der Waals surface area contributed by atoms with Crippen LogP contribution in [0.15, 0.2) is 54.6 Å². The molecule has 1 saturated heterocycles. The van der Waals surface area contributed by atoms with Gasteiger partial charge in [-0.1, -0.05) is 54.6 Å². The molecule has 0 amide bonds. The fraction of sp³-hybridized carbons (Fsp3) is 0.455. The van der Waals surface area contributed by atoms with Gasteiger partial charge in [-0.2, -0.15) is 0 Å². The summed E-state index contributed by atoms with van der Waals surface area (Å²) >= 11 is 0. The number of likely N-dealkylation sites (tertiary alicyclic amines) is 1. The number of fused-ring (bicyclic) bond motifs is 1. The van der Waals surface area contributed by atoms with Crippen molar-refractivity contribution < 1.29 is 0 Å². The summed E-state index contributed by atoms with van der Waals surface area (Å²) in [5.74, 6) is 0. The van der Waals surface area contributed by atoms with Crippen LogP contribution < -0.4 is 5.32 Å². The molecule has 0 spiro atoms. The van der Waals surface area contributed by atoms with Crippen LogP contribution >= 0.6 is 0 Å². The third-order valence-electron chi connectivity index (χ3n) is 5.64. The van der Waals surface area contributed by atoms with E-state index in [-0.39, 0.29) is 0 Å². The number of aryl methyl sites for hydroxylation is 1. The molecule has 2 aromatic carbocycles.